The summed E-state index contributed by atoms with van der Waals surface area (Å²) in [5.74, 6) is 0.550. The van der Waals surface area contributed by atoms with Gasteiger partial charge < -0.3 is 10.1 Å². The molecule has 0 aromatic rings. The molecule has 1 aliphatic rings. The topological polar surface area (TPSA) is 38.3 Å². The lowest BCUT2D eigenvalue weighted by Gasteiger charge is -2.30. The fraction of sp³-hybridized carbons (Fsp3) is 0.929. The van der Waals surface area contributed by atoms with Crippen LogP contribution in [-0.4, -0.2) is 24.7 Å². The predicted molar refractivity (Wildman–Crippen MR) is 69.9 cm³/mol. The first-order valence-corrected chi connectivity index (χ1v) is 7.06. The predicted octanol–water partition coefficient (Wildman–Crippen LogP) is 2.89. The largest absolute Gasteiger partial charge is 0.462 e. The lowest BCUT2D eigenvalue weighted by molar-refractivity contribution is -0.153. The molecule has 1 saturated carbocycles. The highest BCUT2D eigenvalue weighted by Gasteiger charge is 2.26. The van der Waals surface area contributed by atoms with Gasteiger partial charge in [0.15, 0.2) is 0 Å². The van der Waals surface area contributed by atoms with Crippen molar-refractivity contribution in [1.29, 1.82) is 0 Å². The van der Waals surface area contributed by atoms with Gasteiger partial charge >= 0.3 is 5.97 Å². The fourth-order valence-corrected chi connectivity index (χ4v) is 2.49. The van der Waals surface area contributed by atoms with Crippen LogP contribution in [0.15, 0.2) is 0 Å². The maximum atomic E-state index is 11.7. The zero-order chi connectivity index (χ0) is 12.7. The van der Waals surface area contributed by atoms with Crippen molar-refractivity contribution in [1.82, 2.24) is 5.32 Å². The Kier molecular flexibility index (Phi) is 6.56. The molecule has 17 heavy (non-hydrogen) atoms. The van der Waals surface area contributed by atoms with Gasteiger partial charge in [-0.1, -0.05) is 27.2 Å². The van der Waals surface area contributed by atoms with Gasteiger partial charge in [0.1, 0.15) is 6.10 Å². The maximum Gasteiger partial charge on any atom is 0.307 e. The molecule has 0 heterocycles. The molecule has 0 saturated heterocycles. The Balaban J connectivity index is 2.24. The number of hydrogen-bond donors (Lipinski definition) is 1. The van der Waals surface area contributed by atoms with Crippen LogP contribution in [0.5, 0.6) is 0 Å². The molecule has 0 aliphatic heterocycles. The molecule has 2 atom stereocenters. The average Bonchev–Trinajstić information content (AvgIpc) is 2.29. The summed E-state index contributed by atoms with van der Waals surface area (Å²) >= 11 is 0. The van der Waals surface area contributed by atoms with Crippen molar-refractivity contribution in [3.63, 3.8) is 0 Å². The van der Waals surface area contributed by atoms with Crippen LogP contribution in [-0.2, 0) is 9.53 Å². The van der Waals surface area contributed by atoms with E-state index in [0.29, 0.717) is 18.4 Å². The molecule has 0 aromatic carbocycles. The highest BCUT2D eigenvalue weighted by molar-refractivity contribution is 5.69. The molecule has 1 N–H and O–H groups in total. The minimum Gasteiger partial charge on any atom is -0.462 e. The van der Waals surface area contributed by atoms with Crippen molar-refractivity contribution in [2.75, 3.05) is 6.54 Å². The number of rotatable bonds is 6. The number of nitrogens with one attached hydrogen (secondary N) is 1. The lowest BCUT2D eigenvalue weighted by Crippen LogP contribution is -2.31. The second-order valence-corrected chi connectivity index (χ2v) is 5.34. The van der Waals surface area contributed by atoms with Gasteiger partial charge in [0.2, 0.25) is 0 Å². The molecular weight excluding hydrogens is 214 g/mol. The zero-order valence-electron chi connectivity index (χ0n) is 11.5. The maximum absolute atomic E-state index is 11.7. The van der Waals surface area contributed by atoms with Gasteiger partial charge in [-0.2, -0.15) is 0 Å². The standard InChI is InChI=1S/C14H27NO2/c1-4-12-7-5-6-8-13(12)17-14(16)9-10-15-11(2)3/h11-13,15H,4-10H2,1-3H3. The van der Waals surface area contributed by atoms with Crippen molar-refractivity contribution in [3.8, 4) is 0 Å². The second kappa shape index (κ2) is 7.70. The number of carbonyl (C=O) groups excluding carboxylic acids is 1. The third kappa shape index (κ3) is 5.53. The molecule has 0 radical (unpaired) electrons. The van der Waals surface area contributed by atoms with E-state index in [0.717, 1.165) is 19.4 Å². The van der Waals surface area contributed by atoms with Crippen molar-refractivity contribution >= 4 is 5.97 Å². The normalized spacial score (nSPS) is 24.9. The summed E-state index contributed by atoms with van der Waals surface area (Å²) in [7, 11) is 0. The molecule has 3 heteroatoms. The number of esters is 1. The van der Waals surface area contributed by atoms with E-state index in [9.17, 15) is 4.79 Å². The quantitative estimate of drug-likeness (QED) is 0.727. The van der Waals surface area contributed by atoms with Crippen molar-refractivity contribution in [3.05, 3.63) is 0 Å². The Bertz CT molecular complexity index is 228. The Morgan fingerprint density at radius 2 is 2.06 bits per heavy atom. The number of ether oxygens (including phenoxy) is 1. The van der Waals surface area contributed by atoms with Gasteiger partial charge in [0.25, 0.3) is 0 Å². The third-order valence-corrected chi connectivity index (χ3v) is 3.53. The van der Waals surface area contributed by atoms with Gasteiger partial charge in [0, 0.05) is 12.6 Å². The van der Waals surface area contributed by atoms with Crippen LogP contribution in [0.1, 0.15) is 59.3 Å². The molecule has 1 rings (SSSR count). The van der Waals surface area contributed by atoms with Crippen LogP contribution in [0.3, 0.4) is 0 Å². The summed E-state index contributed by atoms with van der Waals surface area (Å²) in [6.07, 6.45) is 6.58. The van der Waals surface area contributed by atoms with Gasteiger partial charge in [-0.3, -0.25) is 4.79 Å². The first-order valence-electron chi connectivity index (χ1n) is 7.06. The highest BCUT2D eigenvalue weighted by Crippen LogP contribution is 2.29. The summed E-state index contributed by atoms with van der Waals surface area (Å²) in [6, 6.07) is 0.431. The van der Waals surface area contributed by atoms with E-state index in [-0.39, 0.29) is 12.1 Å². The van der Waals surface area contributed by atoms with Crippen LogP contribution >= 0.6 is 0 Å². The third-order valence-electron chi connectivity index (χ3n) is 3.53. The monoisotopic (exact) mass is 241 g/mol. The Hall–Kier alpha value is -0.570. The summed E-state index contributed by atoms with van der Waals surface area (Å²) in [6.45, 7) is 7.08. The lowest BCUT2D eigenvalue weighted by atomic mass is 9.85. The van der Waals surface area contributed by atoms with E-state index in [2.05, 4.69) is 26.1 Å². The smallest absolute Gasteiger partial charge is 0.307 e. The molecule has 100 valence electrons. The highest BCUT2D eigenvalue weighted by atomic mass is 16.5. The van der Waals surface area contributed by atoms with Gasteiger partial charge in [-0.15, -0.1) is 0 Å². The summed E-state index contributed by atoms with van der Waals surface area (Å²) in [5.41, 5.74) is 0. The first-order chi connectivity index (χ1) is 8.13. The molecule has 1 aliphatic carbocycles. The Labute approximate surface area is 105 Å². The van der Waals surface area contributed by atoms with Crippen molar-refractivity contribution in [2.24, 2.45) is 5.92 Å². The zero-order valence-corrected chi connectivity index (χ0v) is 11.5. The summed E-state index contributed by atoms with van der Waals surface area (Å²) < 4.78 is 5.60. The second-order valence-electron chi connectivity index (χ2n) is 5.34. The van der Waals surface area contributed by atoms with E-state index >= 15 is 0 Å². The molecule has 2 unspecified atom stereocenters. The minimum atomic E-state index is -0.0384. The van der Waals surface area contributed by atoms with Crippen LogP contribution in [0, 0.1) is 5.92 Å². The van der Waals surface area contributed by atoms with Crippen LogP contribution in [0.2, 0.25) is 0 Å². The SMILES string of the molecule is CCC1CCCCC1OC(=O)CCNC(C)C. The van der Waals surface area contributed by atoms with Crippen LogP contribution in [0.25, 0.3) is 0 Å². The van der Waals surface area contributed by atoms with E-state index in [1.165, 1.54) is 19.3 Å². The van der Waals surface area contributed by atoms with Crippen molar-refractivity contribution in [2.45, 2.75) is 71.4 Å². The number of hydrogen-bond acceptors (Lipinski definition) is 3. The Morgan fingerprint density at radius 1 is 1.35 bits per heavy atom. The van der Waals surface area contributed by atoms with Crippen LogP contribution < -0.4 is 5.32 Å². The van der Waals surface area contributed by atoms with E-state index < -0.39 is 0 Å². The summed E-state index contributed by atoms with van der Waals surface area (Å²) in [4.78, 5) is 11.7. The summed E-state index contributed by atoms with van der Waals surface area (Å²) in [5, 5.41) is 3.24. The molecule has 0 aromatic heterocycles. The van der Waals surface area contributed by atoms with Gasteiger partial charge in [-0.25, -0.2) is 0 Å². The van der Waals surface area contributed by atoms with E-state index in [4.69, 9.17) is 4.74 Å². The molecule has 0 bridgehead atoms. The molecule has 0 spiro atoms. The van der Waals surface area contributed by atoms with E-state index in [1.54, 1.807) is 0 Å². The number of carbonyl (C=O) groups is 1. The van der Waals surface area contributed by atoms with Gasteiger partial charge in [-0.05, 0) is 31.6 Å². The molecule has 3 nitrogen and oxygen atoms in total. The Morgan fingerprint density at radius 3 is 2.71 bits per heavy atom. The molecule has 0 amide bonds. The minimum absolute atomic E-state index is 0.0384. The van der Waals surface area contributed by atoms with Gasteiger partial charge in [0.05, 0.1) is 6.42 Å². The molecule has 1 fully saturated rings. The van der Waals surface area contributed by atoms with E-state index in [1.807, 2.05) is 0 Å². The van der Waals surface area contributed by atoms with Crippen molar-refractivity contribution < 1.29 is 9.53 Å². The molecular formula is C14H27NO2. The van der Waals surface area contributed by atoms with Crippen LogP contribution in [0.4, 0.5) is 0 Å². The first kappa shape index (κ1) is 14.5. The fourth-order valence-electron chi connectivity index (χ4n) is 2.49. The average molecular weight is 241 g/mol.